The van der Waals surface area contributed by atoms with Gasteiger partial charge in [0.05, 0.1) is 10.4 Å². The molecule has 0 amide bonds. The molecule has 2 aromatic rings. The third-order valence-electron chi connectivity index (χ3n) is 3.09. The van der Waals surface area contributed by atoms with E-state index in [4.69, 9.17) is 5.26 Å². The number of aromatic hydroxyl groups is 1. The van der Waals surface area contributed by atoms with Gasteiger partial charge < -0.3 is 5.11 Å². The Morgan fingerprint density at radius 1 is 1.55 bits per heavy atom. The minimum atomic E-state index is -0.576. The molecule has 0 atom stereocenters. The van der Waals surface area contributed by atoms with Crippen LogP contribution in [0.5, 0.6) is 5.88 Å². The molecule has 0 bridgehead atoms. The summed E-state index contributed by atoms with van der Waals surface area (Å²) in [6.45, 7) is 3.35. The lowest BCUT2D eigenvalue weighted by Crippen LogP contribution is -2.26. The van der Waals surface area contributed by atoms with Gasteiger partial charge in [0.15, 0.2) is 0 Å². The highest BCUT2D eigenvalue weighted by atomic mass is 32.1. The van der Waals surface area contributed by atoms with Crippen LogP contribution in [0.1, 0.15) is 33.3 Å². The summed E-state index contributed by atoms with van der Waals surface area (Å²) in [4.78, 5) is 24.9. The highest BCUT2D eigenvalue weighted by molar-refractivity contribution is 7.12. The fourth-order valence-corrected chi connectivity index (χ4v) is 2.72. The molecular formula is C14H12N2O3S. The van der Waals surface area contributed by atoms with Gasteiger partial charge in [-0.1, -0.05) is 6.07 Å². The first-order chi connectivity index (χ1) is 9.52. The van der Waals surface area contributed by atoms with Crippen molar-refractivity contribution in [1.82, 2.24) is 4.57 Å². The average molecular weight is 288 g/mol. The first-order valence-corrected chi connectivity index (χ1v) is 6.85. The highest BCUT2D eigenvalue weighted by Gasteiger charge is 2.24. The number of hydrogen-bond acceptors (Lipinski definition) is 5. The molecule has 2 heterocycles. The second-order valence-corrected chi connectivity index (χ2v) is 5.11. The summed E-state index contributed by atoms with van der Waals surface area (Å²) in [7, 11) is 0. The summed E-state index contributed by atoms with van der Waals surface area (Å²) in [5.41, 5.74) is -0.444. The van der Waals surface area contributed by atoms with Crippen LogP contribution in [0, 0.1) is 18.3 Å². The molecule has 0 unspecified atom stereocenters. The summed E-state index contributed by atoms with van der Waals surface area (Å²) in [6.07, 6.45) is 0. The van der Waals surface area contributed by atoms with E-state index in [1.165, 1.54) is 18.3 Å². The maximum Gasteiger partial charge on any atom is 0.271 e. The van der Waals surface area contributed by atoms with Crippen molar-refractivity contribution in [2.75, 3.05) is 0 Å². The van der Waals surface area contributed by atoms with Crippen LogP contribution in [-0.2, 0) is 6.54 Å². The predicted molar refractivity (Wildman–Crippen MR) is 75.2 cm³/mol. The summed E-state index contributed by atoms with van der Waals surface area (Å²) >= 11 is 1.24. The zero-order valence-corrected chi connectivity index (χ0v) is 11.8. The van der Waals surface area contributed by atoms with Crippen LogP contribution in [0.4, 0.5) is 0 Å². The predicted octanol–water partition coefficient (Wildman–Crippen LogP) is 2.05. The van der Waals surface area contributed by atoms with Crippen LogP contribution in [0.2, 0.25) is 0 Å². The van der Waals surface area contributed by atoms with Gasteiger partial charge in [0.25, 0.3) is 5.56 Å². The fourth-order valence-electron chi connectivity index (χ4n) is 2.05. The fraction of sp³-hybridized carbons (Fsp3) is 0.214. The number of pyridine rings is 1. The lowest BCUT2D eigenvalue weighted by atomic mass is 10.0. The van der Waals surface area contributed by atoms with Crippen molar-refractivity contribution in [3.63, 3.8) is 0 Å². The Kier molecular flexibility index (Phi) is 3.72. The molecule has 6 heteroatoms. The second-order valence-electron chi connectivity index (χ2n) is 4.17. The third-order valence-corrected chi connectivity index (χ3v) is 3.96. The van der Waals surface area contributed by atoms with Gasteiger partial charge in [-0.15, -0.1) is 11.3 Å². The average Bonchev–Trinajstić information content (AvgIpc) is 2.93. The number of nitrogens with zero attached hydrogens (tertiary/aromatic N) is 2. The topological polar surface area (TPSA) is 83.1 Å². The zero-order valence-electron chi connectivity index (χ0n) is 11.0. The van der Waals surface area contributed by atoms with E-state index in [0.29, 0.717) is 4.88 Å². The lowest BCUT2D eigenvalue weighted by Gasteiger charge is -2.13. The molecule has 0 radical (unpaired) electrons. The van der Waals surface area contributed by atoms with Gasteiger partial charge in [0, 0.05) is 6.54 Å². The lowest BCUT2D eigenvalue weighted by molar-refractivity contribution is 0.103. The van der Waals surface area contributed by atoms with E-state index < -0.39 is 5.56 Å². The first kappa shape index (κ1) is 14.0. The minimum absolute atomic E-state index is 0.0189. The second kappa shape index (κ2) is 5.31. The number of carbonyl (C=O) groups is 1. The van der Waals surface area contributed by atoms with E-state index in [9.17, 15) is 14.7 Å². The van der Waals surface area contributed by atoms with Gasteiger partial charge in [0.1, 0.15) is 11.6 Å². The van der Waals surface area contributed by atoms with Crippen LogP contribution in [0.25, 0.3) is 0 Å². The van der Waals surface area contributed by atoms with Crippen LogP contribution in [-0.4, -0.2) is 15.5 Å². The number of aromatic nitrogens is 1. The van der Waals surface area contributed by atoms with E-state index in [1.807, 2.05) is 6.07 Å². The summed E-state index contributed by atoms with van der Waals surface area (Å²) in [6, 6.07) is 5.18. The highest BCUT2D eigenvalue weighted by Crippen LogP contribution is 2.26. The van der Waals surface area contributed by atoms with E-state index in [0.717, 1.165) is 4.57 Å². The van der Waals surface area contributed by atoms with Crippen molar-refractivity contribution < 1.29 is 9.90 Å². The molecule has 2 rings (SSSR count). The number of thiophene rings is 1. The van der Waals surface area contributed by atoms with Crippen molar-refractivity contribution in [3.8, 4) is 11.9 Å². The molecule has 0 fully saturated rings. The molecule has 5 nitrogen and oxygen atoms in total. The molecule has 0 aromatic carbocycles. The Bertz CT molecular complexity index is 767. The number of rotatable bonds is 3. The molecule has 0 aliphatic heterocycles. The quantitative estimate of drug-likeness (QED) is 0.876. The monoisotopic (exact) mass is 288 g/mol. The smallest absolute Gasteiger partial charge is 0.271 e. The number of hydrogen-bond donors (Lipinski definition) is 1. The molecule has 0 aliphatic rings. The molecule has 102 valence electrons. The Morgan fingerprint density at radius 2 is 2.25 bits per heavy atom. The first-order valence-electron chi connectivity index (χ1n) is 5.97. The van der Waals surface area contributed by atoms with E-state index in [2.05, 4.69) is 0 Å². The summed E-state index contributed by atoms with van der Waals surface area (Å²) in [5.74, 6) is -0.763. The summed E-state index contributed by atoms with van der Waals surface area (Å²) in [5, 5.41) is 21.0. The Labute approximate surface area is 119 Å². The van der Waals surface area contributed by atoms with Gasteiger partial charge in [0.2, 0.25) is 11.7 Å². The Hall–Kier alpha value is -2.39. The van der Waals surface area contributed by atoms with Crippen molar-refractivity contribution in [1.29, 1.82) is 5.26 Å². The number of ketones is 1. The minimum Gasteiger partial charge on any atom is -0.494 e. The number of carbonyl (C=O) groups excluding carboxylic acids is 1. The molecule has 0 aliphatic carbocycles. The Balaban J connectivity index is 2.80. The van der Waals surface area contributed by atoms with Gasteiger partial charge in [-0.3, -0.25) is 14.2 Å². The molecule has 0 spiro atoms. The molecule has 2 aromatic heterocycles. The normalized spacial score (nSPS) is 10.2. The molecular weight excluding hydrogens is 276 g/mol. The van der Waals surface area contributed by atoms with Crippen LogP contribution < -0.4 is 5.56 Å². The van der Waals surface area contributed by atoms with Gasteiger partial charge in [-0.25, -0.2) is 0 Å². The van der Waals surface area contributed by atoms with Crippen LogP contribution in [0.15, 0.2) is 22.3 Å². The van der Waals surface area contributed by atoms with E-state index in [1.54, 1.807) is 24.4 Å². The van der Waals surface area contributed by atoms with Crippen molar-refractivity contribution >= 4 is 17.1 Å². The van der Waals surface area contributed by atoms with E-state index >= 15 is 0 Å². The molecule has 0 saturated heterocycles. The third kappa shape index (κ3) is 2.02. The molecule has 20 heavy (non-hydrogen) atoms. The van der Waals surface area contributed by atoms with Crippen molar-refractivity contribution in [3.05, 3.63) is 49.4 Å². The zero-order chi connectivity index (χ0) is 14.9. The van der Waals surface area contributed by atoms with E-state index in [-0.39, 0.29) is 34.9 Å². The van der Waals surface area contributed by atoms with Crippen LogP contribution in [0.3, 0.4) is 0 Å². The SMILES string of the molecule is CCn1c(O)c(C(=O)c2cccs2)c(C)c(C#N)c1=O. The maximum atomic E-state index is 12.4. The van der Waals surface area contributed by atoms with Gasteiger partial charge in [-0.2, -0.15) is 5.26 Å². The Morgan fingerprint density at radius 3 is 2.75 bits per heavy atom. The number of nitriles is 1. The summed E-state index contributed by atoms with van der Waals surface area (Å²) < 4.78 is 1.03. The van der Waals surface area contributed by atoms with Gasteiger partial charge >= 0.3 is 0 Å². The largest absolute Gasteiger partial charge is 0.494 e. The standard InChI is InChI=1S/C14H12N2O3S/c1-3-16-13(18)9(7-15)8(2)11(14(16)19)12(17)10-5-4-6-20-10/h4-6,19H,3H2,1-2H3. The van der Waals surface area contributed by atoms with Crippen molar-refractivity contribution in [2.24, 2.45) is 0 Å². The molecule has 1 N–H and O–H groups in total. The van der Waals surface area contributed by atoms with Gasteiger partial charge in [-0.05, 0) is 30.9 Å². The van der Waals surface area contributed by atoms with Crippen molar-refractivity contribution in [2.45, 2.75) is 20.4 Å². The maximum absolute atomic E-state index is 12.4. The van der Waals surface area contributed by atoms with Crippen LogP contribution >= 0.6 is 11.3 Å². The molecule has 0 saturated carbocycles.